The highest BCUT2D eigenvalue weighted by molar-refractivity contribution is 9.10. The van der Waals surface area contributed by atoms with Gasteiger partial charge >= 0.3 is 0 Å². The standard InChI is InChI=1S/C18H16BrN3OS/c1-12-9-14(7-8-16(12)19)20-17(23)10-15-11-24-18(22-15)21-13-5-3-2-4-6-13/h2-9,11H,10H2,1H3,(H,20,23)(H,21,22). The molecule has 0 radical (unpaired) electrons. The summed E-state index contributed by atoms with van der Waals surface area (Å²) in [5, 5.41) is 8.81. The average molecular weight is 402 g/mol. The summed E-state index contributed by atoms with van der Waals surface area (Å²) < 4.78 is 1.02. The number of halogens is 1. The molecule has 0 saturated carbocycles. The summed E-state index contributed by atoms with van der Waals surface area (Å²) in [5.41, 5.74) is 3.60. The van der Waals surface area contributed by atoms with Gasteiger partial charge in [0.25, 0.3) is 0 Å². The highest BCUT2D eigenvalue weighted by Crippen LogP contribution is 2.22. The van der Waals surface area contributed by atoms with Crippen LogP contribution in [-0.4, -0.2) is 10.9 Å². The fourth-order valence-corrected chi connectivity index (χ4v) is 3.16. The van der Waals surface area contributed by atoms with Gasteiger partial charge in [-0.2, -0.15) is 0 Å². The largest absolute Gasteiger partial charge is 0.332 e. The summed E-state index contributed by atoms with van der Waals surface area (Å²) in [6.07, 6.45) is 0.252. The van der Waals surface area contributed by atoms with Gasteiger partial charge in [0, 0.05) is 21.2 Å². The van der Waals surface area contributed by atoms with Crippen LogP contribution >= 0.6 is 27.3 Å². The molecule has 0 atom stereocenters. The monoisotopic (exact) mass is 401 g/mol. The second kappa shape index (κ2) is 7.59. The smallest absolute Gasteiger partial charge is 0.230 e. The van der Waals surface area contributed by atoms with Crippen molar-refractivity contribution in [2.75, 3.05) is 10.6 Å². The van der Waals surface area contributed by atoms with Gasteiger partial charge in [-0.15, -0.1) is 11.3 Å². The molecular formula is C18H16BrN3OS. The van der Waals surface area contributed by atoms with E-state index in [9.17, 15) is 4.79 Å². The number of aromatic nitrogens is 1. The van der Waals surface area contributed by atoms with E-state index in [0.717, 1.165) is 32.2 Å². The van der Waals surface area contributed by atoms with Gasteiger partial charge in [-0.05, 0) is 42.8 Å². The third kappa shape index (κ3) is 4.43. The lowest BCUT2D eigenvalue weighted by Gasteiger charge is -2.06. The van der Waals surface area contributed by atoms with Crippen molar-refractivity contribution in [2.24, 2.45) is 0 Å². The van der Waals surface area contributed by atoms with Crippen LogP contribution in [0.2, 0.25) is 0 Å². The third-order valence-corrected chi connectivity index (χ3v) is 5.06. The molecule has 1 aromatic heterocycles. The van der Waals surface area contributed by atoms with Crippen LogP contribution in [-0.2, 0) is 11.2 Å². The SMILES string of the molecule is Cc1cc(NC(=O)Cc2csc(Nc3ccccc3)n2)ccc1Br. The van der Waals surface area contributed by atoms with Crippen molar-refractivity contribution in [1.82, 2.24) is 4.98 Å². The summed E-state index contributed by atoms with van der Waals surface area (Å²) >= 11 is 4.94. The van der Waals surface area contributed by atoms with E-state index >= 15 is 0 Å². The minimum atomic E-state index is -0.0757. The number of carbonyl (C=O) groups excluding carboxylic acids is 1. The molecule has 24 heavy (non-hydrogen) atoms. The molecule has 0 aliphatic rings. The van der Waals surface area contributed by atoms with Crippen LogP contribution < -0.4 is 10.6 Å². The number of para-hydroxylation sites is 1. The molecule has 3 aromatic rings. The van der Waals surface area contributed by atoms with E-state index in [1.807, 2.05) is 60.8 Å². The van der Waals surface area contributed by atoms with Crippen LogP contribution in [0.4, 0.5) is 16.5 Å². The van der Waals surface area contributed by atoms with Crippen molar-refractivity contribution in [3.63, 3.8) is 0 Å². The van der Waals surface area contributed by atoms with Gasteiger partial charge in [0.15, 0.2) is 5.13 Å². The molecule has 2 N–H and O–H groups in total. The maximum absolute atomic E-state index is 12.2. The van der Waals surface area contributed by atoms with Crippen LogP contribution in [0.25, 0.3) is 0 Å². The van der Waals surface area contributed by atoms with Crippen molar-refractivity contribution < 1.29 is 4.79 Å². The van der Waals surface area contributed by atoms with Gasteiger partial charge in [-0.1, -0.05) is 34.1 Å². The Labute approximate surface area is 153 Å². The maximum atomic E-state index is 12.2. The molecule has 122 valence electrons. The minimum Gasteiger partial charge on any atom is -0.332 e. The Hall–Kier alpha value is -2.18. The highest BCUT2D eigenvalue weighted by Gasteiger charge is 2.09. The summed E-state index contributed by atoms with van der Waals surface area (Å²) in [4.78, 5) is 16.6. The maximum Gasteiger partial charge on any atom is 0.230 e. The fourth-order valence-electron chi connectivity index (χ4n) is 2.18. The number of thiazole rings is 1. The highest BCUT2D eigenvalue weighted by atomic mass is 79.9. The predicted octanol–water partition coefficient (Wildman–Crippen LogP) is 5.14. The van der Waals surface area contributed by atoms with Crippen LogP contribution in [0.15, 0.2) is 58.4 Å². The van der Waals surface area contributed by atoms with E-state index < -0.39 is 0 Å². The van der Waals surface area contributed by atoms with Gasteiger partial charge in [0.05, 0.1) is 12.1 Å². The third-order valence-electron chi connectivity index (χ3n) is 3.36. The van der Waals surface area contributed by atoms with Crippen LogP contribution in [0.3, 0.4) is 0 Å². The van der Waals surface area contributed by atoms with Crippen LogP contribution in [0.1, 0.15) is 11.3 Å². The molecule has 3 rings (SSSR count). The quantitative estimate of drug-likeness (QED) is 0.622. The van der Waals surface area contributed by atoms with Crippen molar-refractivity contribution in [1.29, 1.82) is 0 Å². The van der Waals surface area contributed by atoms with Crippen molar-refractivity contribution in [3.8, 4) is 0 Å². The zero-order valence-corrected chi connectivity index (χ0v) is 15.4. The molecular weight excluding hydrogens is 386 g/mol. The Morgan fingerprint density at radius 3 is 2.71 bits per heavy atom. The molecule has 2 aromatic carbocycles. The van der Waals surface area contributed by atoms with Crippen molar-refractivity contribution >= 4 is 49.7 Å². The molecule has 0 spiro atoms. The molecule has 0 fully saturated rings. The number of hydrogen-bond acceptors (Lipinski definition) is 4. The van der Waals surface area contributed by atoms with E-state index in [-0.39, 0.29) is 12.3 Å². The second-order valence-electron chi connectivity index (χ2n) is 5.32. The van der Waals surface area contributed by atoms with Gasteiger partial charge in [0.2, 0.25) is 5.91 Å². The lowest BCUT2D eigenvalue weighted by molar-refractivity contribution is -0.115. The number of amides is 1. The number of carbonyl (C=O) groups is 1. The summed E-state index contributed by atoms with van der Waals surface area (Å²) in [6, 6.07) is 15.6. The Balaban J connectivity index is 1.59. The topological polar surface area (TPSA) is 54.0 Å². The molecule has 4 nitrogen and oxygen atoms in total. The predicted molar refractivity (Wildman–Crippen MR) is 103 cm³/mol. The molecule has 6 heteroatoms. The molecule has 0 aliphatic carbocycles. The van der Waals surface area contributed by atoms with Gasteiger partial charge in [-0.3, -0.25) is 4.79 Å². The first kappa shape index (κ1) is 16.7. The molecule has 0 saturated heterocycles. The molecule has 0 aliphatic heterocycles. The van der Waals surface area contributed by atoms with Gasteiger partial charge in [0.1, 0.15) is 0 Å². The summed E-state index contributed by atoms with van der Waals surface area (Å²) in [7, 11) is 0. The summed E-state index contributed by atoms with van der Waals surface area (Å²) in [5.74, 6) is -0.0757. The first-order valence-electron chi connectivity index (χ1n) is 7.42. The average Bonchev–Trinajstić information content (AvgIpc) is 2.99. The van der Waals surface area contributed by atoms with E-state index in [1.165, 1.54) is 11.3 Å². The lowest BCUT2D eigenvalue weighted by atomic mass is 10.2. The van der Waals surface area contributed by atoms with E-state index in [4.69, 9.17) is 0 Å². The first-order chi connectivity index (χ1) is 11.6. The molecule has 1 heterocycles. The molecule has 0 unspecified atom stereocenters. The molecule has 0 bridgehead atoms. The van der Waals surface area contributed by atoms with Crippen LogP contribution in [0, 0.1) is 6.92 Å². The Morgan fingerprint density at radius 1 is 1.17 bits per heavy atom. The number of benzene rings is 2. The lowest BCUT2D eigenvalue weighted by Crippen LogP contribution is -2.14. The van der Waals surface area contributed by atoms with E-state index in [0.29, 0.717) is 0 Å². The number of nitrogens with zero attached hydrogens (tertiary/aromatic N) is 1. The zero-order chi connectivity index (χ0) is 16.9. The Bertz CT molecular complexity index is 848. The van der Waals surface area contributed by atoms with E-state index in [2.05, 4.69) is 31.5 Å². The van der Waals surface area contributed by atoms with Gasteiger partial charge in [-0.25, -0.2) is 4.98 Å². The number of hydrogen-bond donors (Lipinski definition) is 2. The normalized spacial score (nSPS) is 10.4. The fraction of sp³-hybridized carbons (Fsp3) is 0.111. The molecule has 1 amide bonds. The van der Waals surface area contributed by atoms with Crippen LogP contribution in [0.5, 0.6) is 0 Å². The Morgan fingerprint density at radius 2 is 1.96 bits per heavy atom. The first-order valence-corrected chi connectivity index (χ1v) is 9.10. The van der Waals surface area contributed by atoms with Crippen molar-refractivity contribution in [2.45, 2.75) is 13.3 Å². The Kier molecular flexibility index (Phi) is 5.27. The zero-order valence-electron chi connectivity index (χ0n) is 13.0. The van der Waals surface area contributed by atoms with Crippen molar-refractivity contribution in [3.05, 3.63) is 69.6 Å². The summed E-state index contributed by atoms with van der Waals surface area (Å²) in [6.45, 7) is 1.99. The number of nitrogens with one attached hydrogen (secondary N) is 2. The van der Waals surface area contributed by atoms with Gasteiger partial charge < -0.3 is 10.6 Å². The number of rotatable bonds is 5. The number of anilines is 3. The number of aryl methyl sites for hydroxylation is 1. The second-order valence-corrected chi connectivity index (χ2v) is 7.04. The minimum absolute atomic E-state index is 0.0757. The van der Waals surface area contributed by atoms with E-state index in [1.54, 1.807) is 0 Å².